The van der Waals surface area contributed by atoms with E-state index in [2.05, 4.69) is 19.1 Å². The Morgan fingerprint density at radius 1 is 0.806 bits per heavy atom. The molecular formula is C31H36O5. The Kier molecular flexibility index (Phi) is 7.09. The summed E-state index contributed by atoms with van der Waals surface area (Å²) in [5, 5.41) is 31.6. The van der Waals surface area contributed by atoms with Gasteiger partial charge in [0.15, 0.2) is 0 Å². The first kappa shape index (κ1) is 27.0. The number of aromatic hydroxyl groups is 1. The molecule has 190 valence electrons. The van der Waals surface area contributed by atoms with Gasteiger partial charge in [-0.05, 0) is 58.2 Å². The van der Waals surface area contributed by atoms with Gasteiger partial charge in [-0.25, -0.2) is 9.59 Å². The number of carboxylic acid groups (broad SMARTS) is 2. The van der Waals surface area contributed by atoms with Gasteiger partial charge in [0.05, 0.1) is 11.1 Å². The van der Waals surface area contributed by atoms with Crippen molar-refractivity contribution < 1.29 is 24.9 Å². The minimum Gasteiger partial charge on any atom is -0.507 e. The second-order valence-corrected chi connectivity index (χ2v) is 11.5. The first-order chi connectivity index (χ1) is 16.6. The molecule has 5 nitrogen and oxygen atoms in total. The summed E-state index contributed by atoms with van der Waals surface area (Å²) in [6.07, 6.45) is 0. The number of hydrogen-bond acceptors (Lipinski definition) is 3. The third-order valence-corrected chi connectivity index (χ3v) is 6.77. The molecule has 0 aromatic heterocycles. The third-order valence-electron chi connectivity index (χ3n) is 6.77. The molecule has 5 heteroatoms. The number of benzene rings is 3. The molecule has 0 saturated carbocycles. The molecule has 3 N–H and O–H groups in total. The van der Waals surface area contributed by atoms with Crippen molar-refractivity contribution in [3.05, 3.63) is 87.5 Å². The second-order valence-electron chi connectivity index (χ2n) is 11.5. The van der Waals surface area contributed by atoms with E-state index in [0.717, 1.165) is 27.8 Å². The molecule has 3 rings (SSSR count). The summed E-state index contributed by atoms with van der Waals surface area (Å²) in [6.45, 7) is 16.3. The summed E-state index contributed by atoms with van der Waals surface area (Å²) >= 11 is 0. The van der Waals surface area contributed by atoms with Crippen LogP contribution >= 0.6 is 0 Å². The maximum atomic E-state index is 12.3. The molecular weight excluding hydrogens is 452 g/mol. The third kappa shape index (κ3) is 4.88. The molecule has 0 radical (unpaired) electrons. The minimum atomic E-state index is -1.18. The van der Waals surface area contributed by atoms with Crippen molar-refractivity contribution in [3.63, 3.8) is 0 Å². The van der Waals surface area contributed by atoms with Crippen molar-refractivity contribution in [1.82, 2.24) is 0 Å². The molecule has 0 bridgehead atoms. The van der Waals surface area contributed by atoms with Crippen LogP contribution in [0.3, 0.4) is 0 Å². The fraction of sp³-hybridized carbons (Fsp3) is 0.355. The van der Waals surface area contributed by atoms with Gasteiger partial charge in [-0.3, -0.25) is 0 Å². The normalized spacial score (nSPS) is 12.9. The summed E-state index contributed by atoms with van der Waals surface area (Å²) in [6, 6.07) is 14.0. The molecule has 36 heavy (non-hydrogen) atoms. The number of carboxylic acids is 2. The Hall–Kier alpha value is -3.60. The molecule has 0 aliphatic heterocycles. The fourth-order valence-corrected chi connectivity index (χ4v) is 5.36. The predicted octanol–water partition coefficient (Wildman–Crippen LogP) is 7.51. The lowest BCUT2D eigenvalue weighted by Crippen LogP contribution is -2.24. The zero-order chi connectivity index (χ0) is 27.2. The Bertz CT molecular complexity index is 1320. The van der Waals surface area contributed by atoms with E-state index >= 15 is 0 Å². The van der Waals surface area contributed by atoms with Gasteiger partial charge in [0.25, 0.3) is 0 Å². The number of carbonyl (C=O) groups is 2. The van der Waals surface area contributed by atoms with Gasteiger partial charge in [0.1, 0.15) is 5.75 Å². The molecule has 1 atom stereocenters. The van der Waals surface area contributed by atoms with E-state index in [0.29, 0.717) is 5.56 Å². The average Bonchev–Trinajstić information content (AvgIpc) is 2.76. The maximum Gasteiger partial charge on any atom is 0.336 e. The van der Waals surface area contributed by atoms with Crippen molar-refractivity contribution >= 4 is 11.9 Å². The van der Waals surface area contributed by atoms with Crippen LogP contribution in [0.15, 0.2) is 48.5 Å². The number of phenols is 1. The highest BCUT2D eigenvalue weighted by Crippen LogP contribution is 2.51. The SMILES string of the molecule is Cc1c(C(C)c2ccccc2)c(C(C)(C)C)c(-c2cc(C(=O)O)ccc2C(=O)O)c(O)c1C(C)(C)C. The van der Waals surface area contributed by atoms with Gasteiger partial charge >= 0.3 is 11.9 Å². The zero-order valence-electron chi connectivity index (χ0n) is 22.4. The molecule has 3 aromatic carbocycles. The Balaban J connectivity index is 2.65. The molecule has 0 aliphatic rings. The molecule has 1 unspecified atom stereocenters. The van der Waals surface area contributed by atoms with E-state index in [1.807, 2.05) is 66.7 Å². The first-order valence-electron chi connectivity index (χ1n) is 12.1. The van der Waals surface area contributed by atoms with Crippen LogP contribution in [0.25, 0.3) is 11.1 Å². The molecule has 0 amide bonds. The zero-order valence-corrected chi connectivity index (χ0v) is 22.4. The smallest absolute Gasteiger partial charge is 0.336 e. The largest absolute Gasteiger partial charge is 0.507 e. The predicted molar refractivity (Wildman–Crippen MR) is 144 cm³/mol. The van der Waals surface area contributed by atoms with E-state index in [1.165, 1.54) is 18.2 Å². The van der Waals surface area contributed by atoms with Crippen molar-refractivity contribution in [1.29, 1.82) is 0 Å². The lowest BCUT2D eigenvalue weighted by Gasteiger charge is -2.36. The van der Waals surface area contributed by atoms with Crippen molar-refractivity contribution in [3.8, 4) is 16.9 Å². The number of rotatable bonds is 5. The van der Waals surface area contributed by atoms with Crippen molar-refractivity contribution in [2.45, 2.75) is 72.1 Å². The maximum absolute atomic E-state index is 12.3. The van der Waals surface area contributed by atoms with Crippen LogP contribution in [0.5, 0.6) is 5.75 Å². The van der Waals surface area contributed by atoms with E-state index < -0.39 is 22.8 Å². The summed E-state index contributed by atoms with van der Waals surface area (Å²) in [5.74, 6) is -2.40. The average molecular weight is 489 g/mol. The fourth-order valence-electron chi connectivity index (χ4n) is 5.36. The highest BCUT2D eigenvalue weighted by molar-refractivity contribution is 6.01. The monoisotopic (exact) mass is 488 g/mol. The molecule has 0 fully saturated rings. The number of phenolic OH excluding ortho intramolecular Hbond substituents is 1. The highest BCUT2D eigenvalue weighted by atomic mass is 16.4. The topological polar surface area (TPSA) is 94.8 Å². The standard InChI is InChI=1S/C31H36O5/c1-17(19-12-10-9-11-13-19)23-18(2)25(30(3,4)5)27(32)24(26(23)31(6,7)8)22-16-20(28(33)34)14-15-21(22)29(35)36/h9-17,32H,1-8H3,(H,33,34)(H,35,36). The molecule has 3 aromatic rings. The molecule has 0 saturated heterocycles. The van der Waals surface area contributed by atoms with Crippen LogP contribution in [-0.4, -0.2) is 27.3 Å². The summed E-state index contributed by atoms with van der Waals surface area (Å²) in [5.41, 5.74) is 4.15. The number of hydrogen-bond donors (Lipinski definition) is 3. The van der Waals surface area contributed by atoms with Crippen LogP contribution in [-0.2, 0) is 10.8 Å². The van der Waals surface area contributed by atoms with Gasteiger partial charge < -0.3 is 15.3 Å². The Morgan fingerprint density at radius 3 is 1.83 bits per heavy atom. The summed E-state index contributed by atoms with van der Waals surface area (Å²) in [7, 11) is 0. The first-order valence-corrected chi connectivity index (χ1v) is 12.1. The van der Waals surface area contributed by atoms with Gasteiger partial charge in [0, 0.05) is 22.6 Å². The van der Waals surface area contributed by atoms with Crippen molar-refractivity contribution in [2.75, 3.05) is 0 Å². The van der Waals surface area contributed by atoms with Crippen LogP contribution in [0.1, 0.15) is 103 Å². The van der Waals surface area contributed by atoms with Gasteiger partial charge in [0.2, 0.25) is 0 Å². The quantitative estimate of drug-likeness (QED) is 0.345. The molecule has 0 heterocycles. The van der Waals surface area contributed by atoms with E-state index in [1.54, 1.807) is 0 Å². The molecule has 0 aliphatic carbocycles. The second kappa shape index (κ2) is 9.45. The molecule has 0 spiro atoms. The number of aromatic carboxylic acids is 2. The van der Waals surface area contributed by atoms with E-state index in [4.69, 9.17) is 0 Å². The highest BCUT2D eigenvalue weighted by Gasteiger charge is 2.36. The van der Waals surface area contributed by atoms with E-state index in [9.17, 15) is 24.9 Å². The Morgan fingerprint density at radius 2 is 1.36 bits per heavy atom. The van der Waals surface area contributed by atoms with Gasteiger partial charge in [-0.1, -0.05) is 78.8 Å². The van der Waals surface area contributed by atoms with Crippen LogP contribution in [0.2, 0.25) is 0 Å². The van der Waals surface area contributed by atoms with Crippen LogP contribution in [0, 0.1) is 6.92 Å². The minimum absolute atomic E-state index is 0.000949. The summed E-state index contributed by atoms with van der Waals surface area (Å²) in [4.78, 5) is 24.2. The van der Waals surface area contributed by atoms with Gasteiger partial charge in [-0.15, -0.1) is 0 Å². The Labute approximate surface area is 213 Å². The lowest BCUT2D eigenvalue weighted by molar-refractivity contribution is 0.0682. The van der Waals surface area contributed by atoms with Gasteiger partial charge in [-0.2, -0.15) is 0 Å². The van der Waals surface area contributed by atoms with Crippen molar-refractivity contribution in [2.24, 2.45) is 0 Å². The van der Waals surface area contributed by atoms with Crippen LogP contribution < -0.4 is 0 Å². The van der Waals surface area contributed by atoms with Crippen LogP contribution in [0.4, 0.5) is 0 Å². The van der Waals surface area contributed by atoms with E-state index in [-0.39, 0.29) is 28.4 Å². The summed E-state index contributed by atoms with van der Waals surface area (Å²) < 4.78 is 0. The lowest BCUT2D eigenvalue weighted by atomic mass is 9.68.